The molecular formula is C29H34ClN3O5. The molecule has 0 bridgehead atoms. The van der Waals surface area contributed by atoms with Gasteiger partial charge in [-0.15, -0.1) is 0 Å². The number of hydrogen-bond acceptors (Lipinski definition) is 6. The monoisotopic (exact) mass is 539 g/mol. The summed E-state index contributed by atoms with van der Waals surface area (Å²) in [6.45, 7) is 8.02. The maximum absolute atomic E-state index is 9.10. The highest BCUT2D eigenvalue weighted by Crippen LogP contribution is 2.25. The molecule has 9 heteroatoms. The van der Waals surface area contributed by atoms with Crippen molar-refractivity contribution in [3.8, 4) is 5.75 Å². The van der Waals surface area contributed by atoms with Gasteiger partial charge in [0.15, 0.2) is 0 Å². The molecule has 2 heterocycles. The number of aliphatic carboxylic acids is 2. The number of aromatic nitrogens is 1. The first kappa shape index (κ1) is 28.9. The van der Waals surface area contributed by atoms with Crippen molar-refractivity contribution in [3.63, 3.8) is 0 Å². The van der Waals surface area contributed by atoms with E-state index in [1.54, 1.807) is 0 Å². The molecule has 1 aromatic heterocycles. The molecular weight excluding hydrogens is 506 g/mol. The first-order chi connectivity index (χ1) is 18.3. The molecule has 2 aromatic carbocycles. The largest absolute Gasteiger partial charge is 0.493 e. The third-order valence-corrected chi connectivity index (χ3v) is 6.42. The van der Waals surface area contributed by atoms with E-state index in [9.17, 15) is 0 Å². The maximum atomic E-state index is 9.10. The Kier molecular flexibility index (Phi) is 11.4. The molecule has 0 saturated carbocycles. The summed E-state index contributed by atoms with van der Waals surface area (Å²) in [4.78, 5) is 27.8. The molecule has 0 atom stereocenters. The first-order valence-corrected chi connectivity index (χ1v) is 13.0. The second kappa shape index (κ2) is 15.0. The Morgan fingerprint density at radius 3 is 2.29 bits per heavy atom. The quantitative estimate of drug-likeness (QED) is 0.381. The average molecular weight is 540 g/mol. The van der Waals surface area contributed by atoms with Gasteiger partial charge in [0.25, 0.3) is 0 Å². The van der Waals surface area contributed by atoms with E-state index in [0.717, 1.165) is 74.3 Å². The zero-order valence-electron chi connectivity index (χ0n) is 21.6. The van der Waals surface area contributed by atoms with Gasteiger partial charge in [-0.1, -0.05) is 48.0 Å². The van der Waals surface area contributed by atoms with Crippen LogP contribution in [0.3, 0.4) is 0 Å². The Morgan fingerprint density at radius 1 is 0.921 bits per heavy atom. The normalized spacial score (nSPS) is 13.4. The van der Waals surface area contributed by atoms with Gasteiger partial charge in [-0.05, 0) is 67.8 Å². The molecule has 1 saturated heterocycles. The smallest absolute Gasteiger partial charge is 0.414 e. The van der Waals surface area contributed by atoms with Gasteiger partial charge in [0.2, 0.25) is 0 Å². The minimum absolute atomic E-state index is 0.674. The van der Waals surface area contributed by atoms with Crippen LogP contribution in [0.4, 0.5) is 5.82 Å². The standard InChI is InChI=1S/C27H32ClN3O.C2H2O4/c1-22-7-5-11-27(29-22)31-18-16-30(17-19-31)15-6-10-24-21-25(28)12-13-26(24)32-20-14-23-8-3-2-4-9-23;3-1(4)2(5)6/h2-5,7-9,11-13,21H,6,10,14-20H2,1H3;(H,3,4)(H,5,6). The molecule has 1 fully saturated rings. The van der Waals surface area contributed by atoms with E-state index in [1.165, 1.54) is 11.1 Å². The molecule has 0 spiro atoms. The summed E-state index contributed by atoms with van der Waals surface area (Å²) in [6.07, 6.45) is 2.97. The predicted molar refractivity (Wildman–Crippen MR) is 148 cm³/mol. The zero-order chi connectivity index (χ0) is 27.3. The predicted octanol–water partition coefficient (Wildman–Crippen LogP) is 4.58. The van der Waals surface area contributed by atoms with Crippen molar-refractivity contribution in [1.29, 1.82) is 0 Å². The van der Waals surface area contributed by atoms with Crippen LogP contribution >= 0.6 is 11.6 Å². The number of halogens is 1. The molecule has 0 aliphatic carbocycles. The van der Waals surface area contributed by atoms with Gasteiger partial charge < -0.3 is 19.8 Å². The van der Waals surface area contributed by atoms with Gasteiger partial charge in [0.05, 0.1) is 6.61 Å². The SMILES string of the molecule is Cc1cccc(N2CCN(CCCc3cc(Cl)ccc3OCCc3ccccc3)CC2)n1.O=C(O)C(=O)O. The van der Waals surface area contributed by atoms with Crippen LogP contribution in [0.25, 0.3) is 0 Å². The van der Waals surface area contributed by atoms with Crippen molar-refractivity contribution in [3.05, 3.63) is 88.6 Å². The summed E-state index contributed by atoms with van der Waals surface area (Å²) >= 11 is 6.28. The second-order valence-corrected chi connectivity index (χ2v) is 9.45. The van der Waals surface area contributed by atoms with E-state index >= 15 is 0 Å². The molecule has 1 aliphatic rings. The van der Waals surface area contributed by atoms with Gasteiger partial charge >= 0.3 is 11.9 Å². The molecule has 0 unspecified atom stereocenters. The minimum atomic E-state index is -1.82. The highest BCUT2D eigenvalue weighted by atomic mass is 35.5. The fraction of sp³-hybridized carbons (Fsp3) is 0.345. The van der Waals surface area contributed by atoms with Crippen molar-refractivity contribution >= 4 is 29.4 Å². The number of piperazine rings is 1. The molecule has 0 radical (unpaired) electrons. The molecule has 1 aliphatic heterocycles. The number of aryl methyl sites for hydroxylation is 2. The number of carbonyl (C=O) groups is 2. The van der Waals surface area contributed by atoms with Crippen LogP contribution in [0.1, 0.15) is 23.2 Å². The van der Waals surface area contributed by atoms with Crippen LogP contribution in [0.5, 0.6) is 5.75 Å². The first-order valence-electron chi connectivity index (χ1n) is 12.6. The van der Waals surface area contributed by atoms with Crippen LogP contribution in [0.2, 0.25) is 5.02 Å². The number of hydrogen-bond donors (Lipinski definition) is 2. The second-order valence-electron chi connectivity index (χ2n) is 9.02. The van der Waals surface area contributed by atoms with Crippen molar-refractivity contribution in [2.75, 3.05) is 44.2 Å². The van der Waals surface area contributed by atoms with Crippen LogP contribution < -0.4 is 9.64 Å². The molecule has 4 rings (SSSR count). The van der Waals surface area contributed by atoms with Crippen molar-refractivity contribution in [2.24, 2.45) is 0 Å². The van der Waals surface area contributed by atoms with E-state index < -0.39 is 11.9 Å². The van der Waals surface area contributed by atoms with E-state index in [4.69, 9.17) is 36.1 Å². The molecule has 2 N–H and O–H groups in total. The van der Waals surface area contributed by atoms with Crippen LogP contribution in [-0.4, -0.2) is 71.4 Å². The van der Waals surface area contributed by atoms with Crippen molar-refractivity contribution < 1.29 is 24.5 Å². The molecule has 0 amide bonds. The summed E-state index contributed by atoms with van der Waals surface area (Å²) in [5, 5.41) is 15.6. The van der Waals surface area contributed by atoms with E-state index in [-0.39, 0.29) is 0 Å². The lowest BCUT2D eigenvalue weighted by atomic mass is 10.1. The number of rotatable bonds is 9. The maximum Gasteiger partial charge on any atom is 0.414 e. The van der Waals surface area contributed by atoms with Gasteiger partial charge in [-0.3, -0.25) is 4.90 Å². The lowest BCUT2D eigenvalue weighted by molar-refractivity contribution is -0.159. The average Bonchev–Trinajstić information content (AvgIpc) is 2.91. The molecule has 202 valence electrons. The lowest BCUT2D eigenvalue weighted by Gasteiger charge is -2.35. The Hall–Kier alpha value is -3.62. The topological polar surface area (TPSA) is 103 Å². The number of ether oxygens (including phenoxy) is 1. The fourth-order valence-electron chi connectivity index (χ4n) is 4.21. The Labute approximate surface area is 228 Å². The number of nitrogens with zero attached hydrogens (tertiary/aromatic N) is 3. The summed E-state index contributed by atoms with van der Waals surface area (Å²) in [7, 11) is 0. The zero-order valence-corrected chi connectivity index (χ0v) is 22.3. The Morgan fingerprint density at radius 2 is 1.63 bits per heavy atom. The number of carboxylic acids is 2. The minimum Gasteiger partial charge on any atom is -0.493 e. The number of pyridine rings is 1. The Bertz CT molecular complexity index is 1170. The van der Waals surface area contributed by atoms with Crippen molar-refractivity contribution in [1.82, 2.24) is 9.88 Å². The summed E-state index contributed by atoms with van der Waals surface area (Å²) in [6, 6.07) is 22.7. The van der Waals surface area contributed by atoms with E-state index in [0.29, 0.717) is 6.61 Å². The Balaban J connectivity index is 0.000000599. The van der Waals surface area contributed by atoms with Gasteiger partial charge in [-0.25, -0.2) is 14.6 Å². The highest BCUT2D eigenvalue weighted by molar-refractivity contribution is 6.30. The number of carboxylic acid groups (broad SMARTS) is 2. The van der Waals surface area contributed by atoms with Crippen molar-refractivity contribution in [2.45, 2.75) is 26.2 Å². The highest BCUT2D eigenvalue weighted by Gasteiger charge is 2.18. The number of anilines is 1. The van der Waals surface area contributed by atoms with E-state index in [1.807, 2.05) is 18.2 Å². The lowest BCUT2D eigenvalue weighted by Crippen LogP contribution is -2.47. The van der Waals surface area contributed by atoms with E-state index in [2.05, 4.69) is 70.2 Å². The fourth-order valence-corrected chi connectivity index (χ4v) is 4.40. The van der Waals surface area contributed by atoms with Gasteiger partial charge in [0.1, 0.15) is 11.6 Å². The third kappa shape index (κ3) is 9.68. The molecule has 3 aromatic rings. The molecule has 38 heavy (non-hydrogen) atoms. The van der Waals surface area contributed by atoms with Gasteiger partial charge in [-0.2, -0.15) is 0 Å². The van der Waals surface area contributed by atoms with Crippen LogP contribution in [-0.2, 0) is 22.4 Å². The third-order valence-electron chi connectivity index (χ3n) is 6.19. The summed E-state index contributed by atoms with van der Waals surface area (Å²) < 4.78 is 6.13. The summed E-state index contributed by atoms with van der Waals surface area (Å²) in [5.74, 6) is -1.59. The van der Waals surface area contributed by atoms with Crippen LogP contribution in [0, 0.1) is 6.92 Å². The van der Waals surface area contributed by atoms with Gasteiger partial charge in [0, 0.05) is 43.3 Å². The number of benzene rings is 2. The van der Waals surface area contributed by atoms with Crippen LogP contribution in [0.15, 0.2) is 66.7 Å². The summed E-state index contributed by atoms with van der Waals surface area (Å²) in [5.41, 5.74) is 3.57. The molecule has 8 nitrogen and oxygen atoms in total.